The van der Waals surface area contributed by atoms with Crippen LogP contribution in [0.15, 0.2) is 18.5 Å². The molecule has 0 aliphatic carbocycles. The number of H-pyrrole nitrogens is 1. The molecule has 0 radical (unpaired) electrons. The predicted molar refractivity (Wildman–Crippen MR) is 95.7 cm³/mol. The molecular formula is C18H24N5O3+. The first kappa shape index (κ1) is 18.1. The smallest absolute Gasteiger partial charge is 0.339 e. The SMILES string of the molecule is COC(=O)c1c(C)[nH]c(C(=O)C[NH+]2CCN(c3ncccn3)CC2)c1C. The molecular weight excluding hydrogens is 334 g/mol. The summed E-state index contributed by atoms with van der Waals surface area (Å²) in [5.74, 6) is 0.329. The van der Waals surface area contributed by atoms with Crippen LogP contribution in [0.25, 0.3) is 0 Å². The highest BCUT2D eigenvalue weighted by Crippen LogP contribution is 2.19. The van der Waals surface area contributed by atoms with Crippen molar-refractivity contribution in [1.82, 2.24) is 15.0 Å². The van der Waals surface area contributed by atoms with E-state index in [2.05, 4.69) is 19.9 Å². The van der Waals surface area contributed by atoms with Gasteiger partial charge in [0.2, 0.25) is 11.7 Å². The van der Waals surface area contributed by atoms with Gasteiger partial charge in [-0.15, -0.1) is 0 Å². The van der Waals surface area contributed by atoms with Gasteiger partial charge in [-0.25, -0.2) is 14.8 Å². The quantitative estimate of drug-likeness (QED) is 0.568. The van der Waals surface area contributed by atoms with Gasteiger partial charge < -0.3 is 19.5 Å². The van der Waals surface area contributed by atoms with E-state index in [4.69, 9.17) is 4.74 Å². The summed E-state index contributed by atoms with van der Waals surface area (Å²) < 4.78 is 4.80. The predicted octanol–water partition coefficient (Wildman–Crippen LogP) is -0.204. The lowest BCUT2D eigenvalue weighted by Gasteiger charge is -2.31. The zero-order valence-electron chi connectivity index (χ0n) is 15.3. The van der Waals surface area contributed by atoms with E-state index < -0.39 is 5.97 Å². The maximum Gasteiger partial charge on any atom is 0.339 e. The molecule has 1 aliphatic heterocycles. The van der Waals surface area contributed by atoms with E-state index in [0.29, 0.717) is 29.1 Å². The molecule has 0 atom stereocenters. The van der Waals surface area contributed by atoms with Crippen LogP contribution in [0.1, 0.15) is 32.1 Å². The number of nitrogens with one attached hydrogen (secondary N) is 2. The van der Waals surface area contributed by atoms with Crippen LogP contribution in [0.2, 0.25) is 0 Å². The number of rotatable bonds is 5. The first-order valence-electron chi connectivity index (χ1n) is 8.67. The third kappa shape index (κ3) is 3.60. The summed E-state index contributed by atoms with van der Waals surface area (Å²) in [7, 11) is 1.34. The second kappa shape index (κ2) is 7.65. The van der Waals surface area contributed by atoms with Crippen molar-refractivity contribution in [3.05, 3.63) is 41.0 Å². The van der Waals surface area contributed by atoms with Crippen LogP contribution >= 0.6 is 0 Å². The largest absolute Gasteiger partial charge is 0.465 e. The zero-order valence-corrected chi connectivity index (χ0v) is 15.3. The number of anilines is 1. The van der Waals surface area contributed by atoms with Gasteiger partial charge in [-0.1, -0.05) is 0 Å². The molecule has 8 heteroatoms. The molecule has 8 nitrogen and oxygen atoms in total. The summed E-state index contributed by atoms with van der Waals surface area (Å²) in [5.41, 5.74) is 2.29. The first-order valence-corrected chi connectivity index (χ1v) is 8.67. The van der Waals surface area contributed by atoms with Gasteiger partial charge >= 0.3 is 5.97 Å². The first-order chi connectivity index (χ1) is 12.5. The highest BCUT2D eigenvalue weighted by atomic mass is 16.5. The Morgan fingerprint density at radius 1 is 1.23 bits per heavy atom. The average Bonchev–Trinajstić information content (AvgIpc) is 2.97. The van der Waals surface area contributed by atoms with E-state index in [1.54, 1.807) is 32.3 Å². The molecule has 2 aromatic heterocycles. The molecule has 3 rings (SSSR count). The highest BCUT2D eigenvalue weighted by molar-refractivity contribution is 6.01. The average molecular weight is 358 g/mol. The molecule has 1 saturated heterocycles. The number of carbonyl (C=O) groups excluding carboxylic acids is 2. The lowest BCUT2D eigenvalue weighted by molar-refractivity contribution is -0.892. The van der Waals surface area contributed by atoms with Crippen LogP contribution in [-0.4, -0.2) is 66.5 Å². The minimum Gasteiger partial charge on any atom is -0.465 e. The molecule has 26 heavy (non-hydrogen) atoms. The fourth-order valence-electron chi connectivity index (χ4n) is 3.41. The number of ketones is 1. The fourth-order valence-corrected chi connectivity index (χ4v) is 3.41. The monoisotopic (exact) mass is 358 g/mol. The molecule has 2 N–H and O–H groups in total. The summed E-state index contributed by atoms with van der Waals surface area (Å²) in [6.07, 6.45) is 3.47. The Bertz CT molecular complexity index is 795. The van der Waals surface area contributed by atoms with Crippen molar-refractivity contribution >= 4 is 17.7 Å². The Balaban J connectivity index is 1.62. The van der Waals surface area contributed by atoms with Crippen molar-refractivity contribution in [3.63, 3.8) is 0 Å². The summed E-state index contributed by atoms with van der Waals surface area (Å²) in [6, 6.07) is 1.80. The number of aryl methyl sites for hydroxylation is 1. The van der Waals surface area contributed by atoms with Gasteiger partial charge in [0.25, 0.3) is 0 Å². The number of quaternary nitrogens is 1. The number of esters is 1. The van der Waals surface area contributed by atoms with Gasteiger partial charge in [0.15, 0.2) is 0 Å². The van der Waals surface area contributed by atoms with E-state index in [9.17, 15) is 9.59 Å². The number of nitrogens with zero attached hydrogens (tertiary/aromatic N) is 3. The van der Waals surface area contributed by atoms with Crippen LogP contribution < -0.4 is 9.80 Å². The molecule has 3 heterocycles. The van der Waals surface area contributed by atoms with E-state index in [0.717, 1.165) is 32.1 Å². The standard InChI is InChI=1S/C18H23N5O3/c1-12-15(17(25)26-3)13(2)21-16(12)14(24)11-22-7-9-23(10-8-22)18-19-5-4-6-20-18/h4-6,21H,7-11H2,1-3H3/p+1. The number of hydrogen-bond donors (Lipinski definition) is 2. The minimum atomic E-state index is -0.417. The van der Waals surface area contributed by atoms with Gasteiger partial charge in [-0.2, -0.15) is 0 Å². The molecule has 0 saturated carbocycles. The number of methoxy groups -OCH3 is 1. The molecule has 1 aliphatic rings. The maximum absolute atomic E-state index is 12.7. The third-order valence-corrected chi connectivity index (χ3v) is 4.82. The second-order valence-corrected chi connectivity index (χ2v) is 6.50. The number of aromatic amines is 1. The summed E-state index contributed by atoms with van der Waals surface area (Å²) in [4.78, 5) is 39.6. The molecule has 0 spiro atoms. The number of aromatic nitrogens is 3. The molecule has 0 amide bonds. The molecule has 138 valence electrons. The van der Waals surface area contributed by atoms with E-state index in [1.165, 1.54) is 12.0 Å². The molecule has 1 fully saturated rings. The van der Waals surface area contributed by atoms with E-state index in [1.807, 2.05) is 0 Å². The van der Waals surface area contributed by atoms with Gasteiger partial charge in [-0.3, -0.25) is 4.79 Å². The zero-order chi connectivity index (χ0) is 18.7. The maximum atomic E-state index is 12.7. The topological polar surface area (TPSA) is 92.6 Å². The minimum absolute atomic E-state index is 0.0140. The third-order valence-electron chi connectivity index (χ3n) is 4.82. The molecule has 0 bridgehead atoms. The summed E-state index contributed by atoms with van der Waals surface area (Å²) >= 11 is 0. The van der Waals surface area contributed by atoms with Crippen molar-refractivity contribution in [2.24, 2.45) is 0 Å². The van der Waals surface area contributed by atoms with E-state index >= 15 is 0 Å². The fraction of sp³-hybridized carbons (Fsp3) is 0.444. The van der Waals surface area contributed by atoms with Gasteiger partial charge in [0, 0.05) is 18.1 Å². The number of piperazine rings is 1. The van der Waals surface area contributed by atoms with Gasteiger partial charge in [0.05, 0.1) is 44.5 Å². The van der Waals surface area contributed by atoms with Crippen molar-refractivity contribution in [2.45, 2.75) is 13.8 Å². The number of ether oxygens (including phenoxy) is 1. The summed E-state index contributed by atoms with van der Waals surface area (Å²) in [6.45, 7) is 7.25. The van der Waals surface area contributed by atoms with Crippen molar-refractivity contribution in [1.29, 1.82) is 0 Å². The van der Waals surface area contributed by atoms with Crippen molar-refractivity contribution in [2.75, 3.05) is 44.7 Å². The highest BCUT2D eigenvalue weighted by Gasteiger charge is 2.27. The molecule has 2 aromatic rings. The Hall–Kier alpha value is -2.74. The van der Waals surface area contributed by atoms with Gasteiger partial charge in [0.1, 0.15) is 6.54 Å². The Morgan fingerprint density at radius 3 is 2.50 bits per heavy atom. The lowest BCUT2D eigenvalue weighted by Crippen LogP contribution is -3.15. The summed E-state index contributed by atoms with van der Waals surface area (Å²) in [5, 5.41) is 0. The van der Waals surface area contributed by atoms with Crippen LogP contribution in [0.3, 0.4) is 0 Å². The van der Waals surface area contributed by atoms with Crippen molar-refractivity contribution in [3.8, 4) is 0 Å². The van der Waals surface area contributed by atoms with Crippen LogP contribution in [0.4, 0.5) is 5.95 Å². The Kier molecular flexibility index (Phi) is 5.32. The lowest BCUT2D eigenvalue weighted by atomic mass is 10.1. The van der Waals surface area contributed by atoms with Crippen molar-refractivity contribution < 1.29 is 19.2 Å². The van der Waals surface area contributed by atoms with Crippen LogP contribution in [-0.2, 0) is 4.74 Å². The number of Topliss-reactive ketones (excluding diaryl/α,β-unsaturated/α-hetero) is 1. The van der Waals surface area contributed by atoms with Crippen LogP contribution in [0.5, 0.6) is 0 Å². The molecule has 0 unspecified atom stereocenters. The number of carbonyl (C=O) groups is 2. The normalized spacial score (nSPS) is 15.1. The molecule has 0 aromatic carbocycles. The van der Waals surface area contributed by atoms with E-state index in [-0.39, 0.29) is 5.78 Å². The second-order valence-electron chi connectivity index (χ2n) is 6.50. The van der Waals surface area contributed by atoms with Gasteiger partial charge in [-0.05, 0) is 25.5 Å². The number of hydrogen-bond acceptors (Lipinski definition) is 6. The van der Waals surface area contributed by atoms with Crippen LogP contribution in [0, 0.1) is 13.8 Å². The Morgan fingerprint density at radius 2 is 1.88 bits per heavy atom. The Labute approximate surface area is 152 Å².